The largest absolute Gasteiger partial charge is 0.462 e. The van der Waals surface area contributed by atoms with Gasteiger partial charge in [-0.05, 0) is 48.0 Å². The van der Waals surface area contributed by atoms with Gasteiger partial charge in [0.25, 0.3) is 10.2 Å². The average molecular weight is 467 g/mol. The summed E-state index contributed by atoms with van der Waals surface area (Å²) in [5.74, 6) is -1.73. The third-order valence-electron chi connectivity index (χ3n) is 3.05. The fourth-order valence-corrected chi connectivity index (χ4v) is 2.00. The van der Waals surface area contributed by atoms with Gasteiger partial charge in [0.05, 0.1) is 0 Å². The molecule has 0 unspecified atom stereocenters. The van der Waals surface area contributed by atoms with E-state index in [9.17, 15) is 34.6 Å². The van der Waals surface area contributed by atoms with Crippen molar-refractivity contribution in [3.63, 3.8) is 0 Å². The summed E-state index contributed by atoms with van der Waals surface area (Å²) in [4.78, 5) is 65.3. The lowest BCUT2D eigenvalue weighted by atomic mass is 10.1. The molecule has 15 heteroatoms. The second-order valence-electron chi connectivity index (χ2n) is 8.42. The van der Waals surface area contributed by atoms with E-state index >= 15 is 0 Å². The van der Waals surface area contributed by atoms with Crippen molar-refractivity contribution < 1.29 is 48.4 Å². The summed E-state index contributed by atoms with van der Waals surface area (Å²) in [6.45, 7) is 8.05. The van der Waals surface area contributed by atoms with E-state index in [-0.39, 0.29) is 12.8 Å². The topological polar surface area (TPSA) is 196 Å². The van der Waals surface area contributed by atoms with Crippen molar-refractivity contribution in [3.8, 4) is 0 Å². The van der Waals surface area contributed by atoms with E-state index in [0.717, 1.165) is 0 Å². The van der Waals surface area contributed by atoms with Crippen LogP contribution in [0.3, 0.4) is 0 Å². The van der Waals surface area contributed by atoms with Gasteiger partial charge in [0.15, 0.2) is 6.10 Å². The minimum Gasteiger partial charge on any atom is -0.462 e. The Morgan fingerprint density at radius 1 is 0.906 bits per heavy atom. The van der Waals surface area contributed by atoms with Crippen LogP contribution in [0.1, 0.15) is 54.4 Å². The van der Waals surface area contributed by atoms with E-state index in [1.54, 1.807) is 41.5 Å². The first-order valence-electron chi connectivity index (χ1n) is 9.45. The molecule has 0 aromatic carbocycles. The summed E-state index contributed by atoms with van der Waals surface area (Å²) < 4.78 is 15.1. The number of amides is 1. The van der Waals surface area contributed by atoms with Gasteiger partial charge < -0.3 is 29.2 Å². The number of esters is 2. The zero-order chi connectivity index (χ0) is 25.1. The maximum Gasteiger partial charge on any atom is 0.408 e. The molecule has 0 aliphatic rings. The molecule has 0 radical (unpaired) electrons. The molecule has 1 N–H and O–H groups in total. The Kier molecular flexibility index (Phi) is 11.1. The van der Waals surface area contributed by atoms with Crippen molar-refractivity contribution in [2.24, 2.45) is 0 Å². The molecule has 15 nitrogen and oxygen atoms in total. The Labute approximate surface area is 183 Å². The minimum absolute atomic E-state index is 0.237. The van der Waals surface area contributed by atoms with Crippen LogP contribution in [0.2, 0.25) is 0 Å². The van der Waals surface area contributed by atoms with Crippen molar-refractivity contribution >= 4 is 18.0 Å². The molecule has 1 amide bonds. The summed E-state index contributed by atoms with van der Waals surface area (Å²) in [6.07, 6.45) is -3.09. The van der Waals surface area contributed by atoms with Crippen LogP contribution in [-0.2, 0) is 33.5 Å². The first-order valence-corrected chi connectivity index (χ1v) is 9.45. The van der Waals surface area contributed by atoms with E-state index in [1.807, 2.05) is 0 Å². The molecule has 0 bridgehead atoms. The van der Waals surface area contributed by atoms with Crippen LogP contribution in [0.4, 0.5) is 4.79 Å². The number of carbonyl (C=O) groups excluding carboxylic acids is 3. The molecule has 0 aromatic rings. The molecule has 0 aliphatic heterocycles. The average Bonchev–Trinajstić information content (AvgIpc) is 2.57. The number of nitrogens with one attached hydrogen (secondary N) is 1. The maximum absolute atomic E-state index is 12.4. The van der Waals surface area contributed by atoms with Crippen LogP contribution < -0.4 is 5.32 Å². The first kappa shape index (κ1) is 28.6. The summed E-state index contributed by atoms with van der Waals surface area (Å²) in [7, 11) is 0. The third-order valence-corrected chi connectivity index (χ3v) is 3.05. The predicted octanol–water partition coefficient (Wildman–Crippen LogP) is 1.33. The van der Waals surface area contributed by atoms with Crippen LogP contribution in [-0.4, -0.2) is 64.8 Å². The molecule has 0 heterocycles. The van der Waals surface area contributed by atoms with Gasteiger partial charge in [0.2, 0.25) is 0 Å². The monoisotopic (exact) mass is 467 g/mol. The zero-order valence-corrected chi connectivity index (χ0v) is 18.8. The fraction of sp³-hybridized carbons (Fsp3) is 0.824. The molecule has 0 saturated heterocycles. The fourth-order valence-electron chi connectivity index (χ4n) is 2.00. The number of nitrogens with zero attached hydrogens (tertiary/aromatic N) is 2. The van der Waals surface area contributed by atoms with Gasteiger partial charge in [-0.2, -0.15) is 0 Å². The molecule has 0 spiro atoms. The summed E-state index contributed by atoms with van der Waals surface area (Å²) in [6, 6.07) is -1.38. The van der Waals surface area contributed by atoms with Crippen LogP contribution in [0.15, 0.2) is 0 Å². The van der Waals surface area contributed by atoms with Gasteiger partial charge in [0.1, 0.15) is 30.5 Å². The van der Waals surface area contributed by atoms with Gasteiger partial charge in [-0.25, -0.2) is 9.59 Å². The van der Waals surface area contributed by atoms with Crippen LogP contribution >= 0.6 is 0 Å². The molecule has 0 saturated carbocycles. The van der Waals surface area contributed by atoms with Crippen LogP contribution in [0, 0.1) is 20.2 Å². The number of alkyl carbamates (subject to hydrolysis) is 1. The van der Waals surface area contributed by atoms with Crippen LogP contribution in [0.5, 0.6) is 0 Å². The van der Waals surface area contributed by atoms with Crippen molar-refractivity contribution in [2.75, 3.05) is 13.2 Å². The molecule has 184 valence electrons. The highest BCUT2D eigenvalue weighted by atomic mass is 17.0. The Bertz CT molecular complexity index is 683. The SMILES string of the molecule is CC(C)(C)OC(=O)CC[C@H](NC(=O)OC(C)(C)C)C(=O)OC[C@H](CO[N+](=O)[O-])O[N+](=O)[O-]. The summed E-state index contributed by atoms with van der Waals surface area (Å²) >= 11 is 0. The van der Waals surface area contributed by atoms with Gasteiger partial charge in [0, 0.05) is 6.42 Å². The predicted molar refractivity (Wildman–Crippen MR) is 104 cm³/mol. The van der Waals surface area contributed by atoms with Gasteiger partial charge >= 0.3 is 18.0 Å². The van der Waals surface area contributed by atoms with E-state index in [2.05, 4.69) is 15.0 Å². The van der Waals surface area contributed by atoms with E-state index in [4.69, 9.17) is 14.2 Å². The van der Waals surface area contributed by atoms with Crippen molar-refractivity contribution in [2.45, 2.75) is 77.7 Å². The van der Waals surface area contributed by atoms with Crippen LogP contribution in [0.25, 0.3) is 0 Å². The van der Waals surface area contributed by atoms with E-state index < -0.39 is 64.8 Å². The molecule has 32 heavy (non-hydrogen) atoms. The second kappa shape index (κ2) is 12.5. The van der Waals surface area contributed by atoms with Crippen molar-refractivity contribution in [1.29, 1.82) is 0 Å². The molecular weight excluding hydrogens is 438 g/mol. The smallest absolute Gasteiger partial charge is 0.408 e. The molecule has 0 fully saturated rings. The van der Waals surface area contributed by atoms with Gasteiger partial charge in [-0.1, -0.05) is 0 Å². The molecule has 2 atom stereocenters. The summed E-state index contributed by atoms with van der Waals surface area (Å²) in [5.41, 5.74) is -1.65. The lowest BCUT2D eigenvalue weighted by Gasteiger charge is -2.24. The highest BCUT2D eigenvalue weighted by Crippen LogP contribution is 2.12. The second-order valence-corrected chi connectivity index (χ2v) is 8.42. The minimum atomic E-state index is -1.60. The Morgan fingerprint density at radius 3 is 1.94 bits per heavy atom. The normalized spacial score (nSPS) is 13.2. The van der Waals surface area contributed by atoms with Crippen molar-refractivity contribution in [3.05, 3.63) is 20.2 Å². The standard InChI is InChI=1S/C17H29N3O12/c1-16(2,3)30-13(21)8-7-12(18-15(23)31-17(4,5)6)14(22)28-9-11(32-20(26)27)10-29-19(24)25/h11-12H,7-10H2,1-6H3,(H,18,23)/t11-,12+/m1/s1. The number of hydrogen-bond donors (Lipinski definition) is 1. The Balaban J connectivity index is 5.15. The van der Waals surface area contributed by atoms with Gasteiger partial charge in [-0.3, -0.25) is 4.79 Å². The lowest BCUT2D eigenvalue weighted by molar-refractivity contribution is -0.790. The Morgan fingerprint density at radius 2 is 1.47 bits per heavy atom. The van der Waals surface area contributed by atoms with Crippen molar-refractivity contribution in [1.82, 2.24) is 5.32 Å². The molecular formula is C17H29N3O12. The van der Waals surface area contributed by atoms with E-state index in [0.29, 0.717) is 0 Å². The number of hydrogen-bond acceptors (Lipinski definition) is 12. The van der Waals surface area contributed by atoms with E-state index in [1.165, 1.54) is 0 Å². The Hall–Kier alpha value is -3.39. The van der Waals surface area contributed by atoms with Gasteiger partial charge in [-0.15, -0.1) is 20.2 Å². The molecule has 0 aliphatic carbocycles. The highest BCUT2D eigenvalue weighted by molar-refractivity contribution is 5.82. The first-order chi connectivity index (χ1) is 14.5. The third kappa shape index (κ3) is 15.4. The maximum atomic E-state index is 12.4. The molecule has 0 aromatic heterocycles. The lowest BCUT2D eigenvalue weighted by Crippen LogP contribution is -2.45. The quantitative estimate of drug-likeness (QED) is 0.187. The number of carbonyl (C=O) groups is 3. The number of rotatable bonds is 12. The summed E-state index contributed by atoms with van der Waals surface area (Å²) in [5, 5.41) is 20.6. The molecule has 0 rings (SSSR count). The zero-order valence-electron chi connectivity index (χ0n) is 18.8. The number of ether oxygens (including phenoxy) is 3. The highest BCUT2D eigenvalue weighted by Gasteiger charge is 2.28.